The van der Waals surface area contributed by atoms with Gasteiger partial charge < -0.3 is 10.2 Å². The van der Waals surface area contributed by atoms with Gasteiger partial charge in [-0.15, -0.1) is 0 Å². The van der Waals surface area contributed by atoms with Crippen molar-refractivity contribution in [2.45, 2.75) is 34.1 Å². The molecule has 15 heavy (non-hydrogen) atoms. The standard InChI is InChI=1S/C13H28N2/c1-5-11(3)9-15(6-2)10-13-8-14-7-12(13)4/h11-14H,5-10H2,1-4H3. The Bertz CT molecular complexity index is 170. The number of nitrogens with zero attached hydrogens (tertiary/aromatic N) is 1. The van der Waals surface area contributed by atoms with Gasteiger partial charge in [0.2, 0.25) is 0 Å². The quantitative estimate of drug-likeness (QED) is 0.726. The van der Waals surface area contributed by atoms with Crippen molar-refractivity contribution in [3.05, 3.63) is 0 Å². The Kier molecular flexibility index (Phi) is 5.62. The molecule has 0 aliphatic carbocycles. The minimum Gasteiger partial charge on any atom is -0.316 e. The minimum absolute atomic E-state index is 0.842. The molecule has 1 aliphatic rings. The summed E-state index contributed by atoms with van der Waals surface area (Å²) in [6, 6.07) is 0. The molecule has 0 aromatic rings. The molecular weight excluding hydrogens is 184 g/mol. The molecule has 0 bridgehead atoms. The van der Waals surface area contributed by atoms with E-state index in [0.29, 0.717) is 0 Å². The lowest BCUT2D eigenvalue weighted by Gasteiger charge is -2.28. The summed E-state index contributed by atoms with van der Waals surface area (Å²) in [6.07, 6.45) is 1.30. The van der Waals surface area contributed by atoms with Gasteiger partial charge in [-0.05, 0) is 37.4 Å². The Morgan fingerprint density at radius 1 is 1.33 bits per heavy atom. The molecule has 3 unspecified atom stereocenters. The maximum Gasteiger partial charge on any atom is 0.00248 e. The summed E-state index contributed by atoms with van der Waals surface area (Å²) < 4.78 is 0. The zero-order chi connectivity index (χ0) is 11.3. The summed E-state index contributed by atoms with van der Waals surface area (Å²) in [6.45, 7) is 15.5. The lowest BCUT2D eigenvalue weighted by atomic mass is 9.97. The molecule has 0 spiro atoms. The topological polar surface area (TPSA) is 15.3 Å². The lowest BCUT2D eigenvalue weighted by molar-refractivity contribution is 0.200. The van der Waals surface area contributed by atoms with Crippen molar-refractivity contribution in [1.82, 2.24) is 10.2 Å². The van der Waals surface area contributed by atoms with Crippen LogP contribution in [0.1, 0.15) is 34.1 Å². The summed E-state index contributed by atoms with van der Waals surface area (Å²) in [5.74, 6) is 2.57. The monoisotopic (exact) mass is 212 g/mol. The highest BCUT2D eigenvalue weighted by Gasteiger charge is 2.24. The average Bonchev–Trinajstić information content (AvgIpc) is 2.63. The predicted octanol–water partition coefficient (Wildman–Crippen LogP) is 2.21. The zero-order valence-electron chi connectivity index (χ0n) is 10.9. The molecule has 0 aromatic carbocycles. The molecule has 90 valence electrons. The van der Waals surface area contributed by atoms with E-state index in [1.54, 1.807) is 0 Å². The number of rotatable bonds is 6. The molecule has 0 radical (unpaired) electrons. The van der Waals surface area contributed by atoms with E-state index in [4.69, 9.17) is 0 Å². The van der Waals surface area contributed by atoms with E-state index in [1.165, 1.54) is 39.1 Å². The van der Waals surface area contributed by atoms with Crippen LogP contribution in [0.2, 0.25) is 0 Å². The Hall–Kier alpha value is -0.0800. The first-order valence-electron chi connectivity index (χ1n) is 6.60. The third-order valence-corrected chi connectivity index (χ3v) is 3.88. The summed E-state index contributed by atoms with van der Waals surface area (Å²) in [7, 11) is 0. The number of hydrogen-bond acceptors (Lipinski definition) is 2. The third kappa shape index (κ3) is 4.12. The van der Waals surface area contributed by atoms with Crippen molar-refractivity contribution in [3.8, 4) is 0 Å². The lowest BCUT2D eigenvalue weighted by Crippen LogP contribution is -2.35. The summed E-state index contributed by atoms with van der Waals surface area (Å²) in [5.41, 5.74) is 0. The van der Waals surface area contributed by atoms with Gasteiger partial charge in [-0.1, -0.05) is 34.1 Å². The Balaban J connectivity index is 2.32. The highest BCUT2D eigenvalue weighted by Crippen LogP contribution is 2.18. The molecule has 0 amide bonds. The first-order chi connectivity index (χ1) is 7.17. The largest absolute Gasteiger partial charge is 0.316 e. The summed E-state index contributed by atoms with van der Waals surface area (Å²) in [4.78, 5) is 2.63. The zero-order valence-corrected chi connectivity index (χ0v) is 10.9. The van der Waals surface area contributed by atoms with Gasteiger partial charge in [0.05, 0.1) is 0 Å². The van der Waals surface area contributed by atoms with Crippen LogP contribution in [0.25, 0.3) is 0 Å². The molecule has 2 heteroatoms. The Morgan fingerprint density at radius 3 is 2.53 bits per heavy atom. The van der Waals surface area contributed by atoms with E-state index >= 15 is 0 Å². The molecule has 1 heterocycles. The van der Waals surface area contributed by atoms with Gasteiger partial charge >= 0.3 is 0 Å². The van der Waals surface area contributed by atoms with Crippen LogP contribution in [-0.2, 0) is 0 Å². The average molecular weight is 212 g/mol. The van der Waals surface area contributed by atoms with Gasteiger partial charge in [0.15, 0.2) is 0 Å². The fourth-order valence-corrected chi connectivity index (χ4v) is 2.34. The second kappa shape index (κ2) is 6.49. The predicted molar refractivity (Wildman–Crippen MR) is 67.1 cm³/mol. The van der Waals surface area contributed by atoms with E-state index in [0.717, 1.165) is 17.8 Å². The number of hydrogen-bond donors (Lipinski definition) is 1. The van der Waals surface area contributed by atoms with Crippen molar-refractivity contribution >= 4 is 0 Å². The molecule has 0 aromatic heterocycles. The van der Waals surface area contributed by atoms with Crippen LogP contribution in [0.3, 0.4) is 0 Å². The molecule has 1 saturated heterocycles. The molecule has 1 aliphatic heterocycles. The van der Waals surface area contributed by atoms with Crippen LogP contribution < -0.4 is 5.32 Å². The van der Waals surface area contributed by atoms with Gasteiger partial charge in [0.1, 0.15) is 0 Å². The van der Waals surface area contributed by atoms with Crippen molar-refractivity contribution in [2.75, 3.05) is 32.7 Å². The highest BCUT2D eigenvalue weighted by molar-refractivity contribution is 4.80. The fraction of sp³-hybridized carbons (Fsp3) is 1.00. The van der Waals surface area contributed by atoms with Crippen LogP contribution in [-0.4, -0.2) is 37.6 Å². The third-order valence-electron chi connectivity index (χ3n) is 3.88. The van der Waals surface area contributed by atoms with Crippen molar-refractivity contribution < 1.29 is 0 Å². The van der Waals surface area contributed by atoms with Crippen LogP contribution in [0.5, 0.6) is 0 Å². The van der Waals surface area contributed by atoms with Gasteiger partial charge in [-0.3, -0.25) is 0 Å². The maximum atomic E-state index is 3.49. The second-order valence-corrected chi connectivity index (χ2v) is 5.26. The molecule has 1 fully saturated rings. The first kappa shape index (κ1) is 13.0. The molecule has 2 nitrogen and oxygen atoms in total. The molecule has 1 rings (SSSR count). The van der Waals surface area contributed by atoms with E-state index in [1.807, 2.05) is 0 Å². The molecule has 0 saturated carbocycles. The summed E-state index contributed by atoms with van der Waals surface area (Å²) in [5, 5.41) is 3.49. The Labute approximate surface area is 95.4 Å². The van der Waals surface area contributed by atoms with Crippen molar-refractivity contribution in [2.24, 2.45) is 17.8 Å². The van der Waals surface area contributed by atoms with Crippen LogP contribution >= 0.6 is 0 Å². The van der Waals surface area contributed by atoms with E-state index in [-0.39, 0.29) is 0 Å². The number of nitrogens with one attached hydrogen (secondary N) is 1. The maximum absolute atomic E-state index is 3.49. The van der Waals surface area contributed by atoms with Crippen LogP contribution in [0.15, 0.2) is 0 Å². The molecule has 3 atom stereocenters. The normalized spacial score (nSPS) is 28.6. The van der Waals surface area contributed by atoms with Crippen molar-refractivity contribution in [3.63, 3.8) is 0 Å². The van der Waals surface area contributed by atoms with E-state index < -0.39 is 0 Å². The molecular formula is C13H28N2. The Morgan fingerprint density at radius 2 is 2.07 bits per heavy atom. The molecule has 1 N–H and O–H groups in total. The summed E-state index contributed by atoms with van der Waals surface area (Å²) >= 11 is 0. The van der Waals surface area contributed by atoms with E-state index in [2.05, 4.69) is 37.9 Å². The smallest absolute Gasteiger partial charge is 0.00248 e. The van der Waals surface area contributed by atoms with Crippen LogP contribution in [0, 0.1) is 17.8 Å². The first-order valence-corrected chi connectivity index (χ1v) is 6.60. The SMILES string of the molecule is CCC(C)CN(CC)CC1CNCC1C. The van der Waals surface area contributed by atoms with Crippen molar-refractivity contribution in [1.29, 1.82) is 0 Å². The van der Waals surface area contributed by atoms with Gasteiger partial charge in [0.25, 0.3) is 0 Å². The second-order valence-electron chi connectivity index (χ2n) is 5.26. The van der Waals surface area contributed by atoms with Crippen LogP contribution in [0.4, 0.5) is 0 Å². The van der Waals surface area contributed by atoms with Gasteiger partial charge in [-0.2, -0.15) is 0 Å². The van der Waals surface area contributed by atoms with Gasteiger partial charge in [0, 0.05) is 13.1 Å². The van der Waals surface area contributed by atoms with E-state index in [9.17, 15) is 0 Å². The van der Waals surface area contributed by atoms with Gasteiger partial charge in [-0.25, -0.2) is 0 Å². The minimum atomic E-state index is 0.842. The fourth-order valence-electron chi connectivity index (χ4n) is 2.34. The highest BCUT2D eigenvalue weighted by atomic mass is 15.1.